The van der Waals surface area contributed by atoms with E-state index in [2.05, 4.69) is 22.4 Å². The van der Waals surface area contributed by atoms with E-state index in [4.69, 9.17) is 47.4 Å². The molecule has 1 amide bonds. The summed E-state index contributed by atoms with van der Waals surface area (Å²) in [6.45, 7) is 2.29. The van der Waals surface area contributed by atoms with Gasteiger partial charge in [-0.2, -0.15) is 5.10 Å². The van der Waals surface area contributed by atoms with E-state index in [9.17, 15) is 4.79 Å². The zero-order valence-electron chi connectivity index (χ0n) is 40.9. The Kier molecular flexibility index (Phi) is 16.7. The molecule has 69 heavy (non-hydrogen) atoms. The maximum Gasteiger partial charge on any atom is 0.277 e. The molecule has 0 saturated heterocycles. The van der Waals surface area contributed by atoms with Gasteiger partial charge in [0.05, 0.1) is 69.7 Å². The predicted molar refractivity (Wildman–Crippen MR) is 265 cm³/mol. The molecule has 0 unspecified atom stereocenters. The van der Waals surface area contributed by atoms with Crippen LogP contribution in [0, 0.1) is 0 Å². The first-order chi connectivity index (χ1) is 33.6. The van der Waals surface area contributed by atoms with Gasteiger partial charge in [0.25, 0.3) is 5.91 Å². The first-order valence-electron chi connectivity index (χ1n) is 22.7. The number of pyridine rings is 1. The summed E-state index contributed by atoms with van der Waals surface area (Å²) in [5, 5.41) is 4.13. The molecule has 10 aliphatic carbocycles. The lowest BCUT2D eigenvalue weighted by molar-refractivity contribution is -0.123. The van der Waals surface area contributed by atoms with Crippen LogP contribution < -0.4 is 52.8 Å². The quantitative estimate of drug-likeness (QED) is 0.0528. The Morgan fingerprint density at radius 2 is 0.768 bits per heavy atom. The Morgan fingerprint density at radius 3 is 1.07 bits per heavy atom. The Labute approximate surface area is 404 Å². The summed E-state index contributed by atoms with van der Waals surface area (Å²) < 4.78 is 61.5. The van der Waals surface area contributed by atoms with E-state index in [1.165, 1.54) is 0 Å². The Bertz CT molecular complexity index is 2780. The first kappa shape index (κ1) is 49.3. The van der Waals surface area contributed by atoms with Gasteiger partial charge in [0.15, 0.2) is 6.61 Å². The zero-order chi connectivity index (χ0) is 48.9. The number of carbonyl (C=O) groups is 1. The molecule has 10 bridgehead atoms. The molecule has 5 aromatic carbocycles. The van der Waals surface area contributed by atoms with Crippen molar-refractivity contribution in [3.63, 3.8) is 0 Å². The number of hydrogen-bond donors (Lipinski definition) is 1. The van der Waals surface area contributed by atoms with Crippen molar-refractivity contribution >= 4 is 12.1 Å². The van der Waals surface area contributed by atoms with Gasteiger partial charge in [-0.1, -0.05) is 13.3 Å². The molecule has 10 aliphatic rings. The molecule has 0 spiro atoms. The van der Waals surface area contributed by atoms with Crippen LogP contribution in [-0.2, 0) is 36.9 Å². The molecular weight excluding hydrogens is 879 g/mol. The lowest BCUT2D eigenvalue weighted by Gasteiger charge is -2.21. The number of carbonyl (C=O) groups excluding carboxylic acids is 1. The number of aromatic nitrogens is 1. The van der Waals surface area contributed by atoms with Crippen LogP contribution in [0.2, 0.25) is 0 Å². The topological polar surface area (TPSA) is 147 Å². The van der Waals surface area contributed by atoms with E-state index in [0.717, 1.165) is 74.0 Å². The van der Waals surface area contributed by atoms with E-state index >= 15 is 0 Å². The molecule has 0 saturated carbocycles. The molecule has 1 N–H and O–H groups in total. The number of hydrazone groups is 1. The van der Waals surface area contributed by atoms with Crippen LogP contribution in [-0.4, -0.2) is 87.2 Å². The summed E-state index contributed by atoms with van der Waals surface area (Å²) >= 11 is 0. The minimum absolute atomic E-state index is 0.319. The molecule has 14 nitrogen and oxygen atoms in total. The molecule has 0 atom stereocenters. The van der Waals surface area contributed by atoms with Gasteiger partial charge in [0.2, 0.25) is 0 Å². The van der Waals surface area contributed by atoms with Gasteiger partial charge in [-0.05, 0) is 84.8 Å². The molecular formula is C55H61N3O11. The van der Waals surface area contributed by atoms with Crippen molar-refractivity contribution in [3.8, 4) is 57.5 Å². The molecule has 362 valence electrons. The van der Waals surface area contributed by atoms with Gasteiger partial charge in [-0.3, -0.25) is 9.78 Å². The summed E-state index contributed by atoms with van der Waals surface area (Å²) in [5.74, 6) is 6.02. The Hall–Kier alpha value is -7.61. The van der Waals surface area contributed by atoms with Crippen molar-refractivity contribution in [3.05, 3.63) is 146 Å². The van der Waals surface area contributed by atoms with Crippen molar-refractivity contribution in [2.45, 2.75) is 51.9 Å². The standard InChI is InChI=1S/C55H61N3O11/c1-10-11-16-68-53-30-44-21-42-29-50(65-7)40(27-52(42)67-9)19-38-25-46(61-3)36(23-48(38)63-5)17-35-22-47(62-4)37(24-45(35)60-2)18-39-26-51(66-8)41(28-49(39)64-6)20-43(53)31-54(44)69-33-55(59)58-57-32-34-12-14-56-15-13-34/h12-15,22-32H,10-11,16-21,33H2,1-9H3,(H,58,59)/b57-32+. The van der Waals surface area contributed by atoms with Crippen LogP contribution in [0.5, 0.6) is 57.5 Å². The number of ether oxygens (including phenoxy) is 10. The SMILES string of the molecule is CCCCOc1cc2c(OCC(=O)N/N=C/c3ccncc3)cc1Cc1cc(OC)c(cc1OC)Cc1cc(OC)c(cc1OC)Cc1cc(OC)c(cc1OC)Cc1cc(OC)c(cc1OC)C2. The highest BCUT2D eigenvalue weighted by atomic mass is 16.5. The maximum absolute atomic E-state index is 13.3. The van der Waals surface area contributed by atoms with Crippen molar-refractivity contribution in [1.29, 1.82) is 0 Å². The van der Waals surface area contributed by atoms with Crippen molar-refractivity contribution < 1.29 is 52.2 Å². The number of benzene rings is 5. The molecule has 0 aliphatic heterocycles. The van der Waals surface area contributed by atoms with E-state index in [0.29, 0.717) is 96.2 Å². The lowest BCUT2D eigenvalue weighted by Crippen LogP contribution is -2.25. The largest absolute Gasteiger partial charge is 0.496 e. The average Bonchev–Trinajstić information content (AvgIpc) is 3.37. The molecule has 1 aromatic heterocycles. The minimum Gasteiger partial charge on any atom is -0.496 e. The van der Waals surface area contributed by atoms with E-state index in [1.807, 2.05) is 60.7 Å². The molecule has 6 aromatic rings. The zero-order valence-corrected chi connectivity index (χ0v) is 40.9. The van der Waals surface area contributed by atoms with Crippen molar-refractivity contribution in [2.75, 3.05) is 70.1 Å². The van der Waals surface area contributed by atoms with Crippen LogP contribution >= 0.6 is 0 Å². The number of hydrogen-bond acceptors (Lipinski definition) is 13. The second-order valence-corrected chi connectivity index (χ2v) is 16.4. The number of nitrogens with one attached hydrogen (secondary N) is 1. The third-order valence-electron chi connectivity index (χ3n) is 12.1. The van der Waals surface area contributed by atoms with Crippen molar-refractivity contribution in [1.82, 2.24) is 10.4 Å². The summed E-state index contributed by atoms with van der Waals surface area (Å²) in [6.07, 6.45) is 8.72. The first-order valence-corrected chi connectivity index (χ1v) is 22.7. The van der Waals surface area contributed by atoms with Gasteiger partial charge in [0.1, 0.15) is 57.5 Å². The van der Waals surface area contributed by atoms with Gasteiger partial charge >= 0.3 is 0 Å². The number of unbranched alkanes of at least 4 members (excludes halogenated alkanes) is 1. The predicted octanol–water partition coefficient (Wildman–Crippen LogP) is 9.13. The van der Waals surface area contributed by atoms with Crippen LogP contribution in [0.1, 0.15) is 81.0 Å². The van der Waals surface area contributed by atoms with Gasteiger partial charge in [0, 0.05) is 100 Å². The summed E-state index contributed by atoms with van der Waals surface area (Å²) in [7, 11) is 13.2. The summed E-state index contributed by atoms with van der Waals surface area (Å²) in [4.78, 5) is 17.3. The number of rotatable bonds is 17. The number of nitrogens with zero attached hydrogens (tertiary/aromatic N) is 2. The highest BCUT2D eigenvalue weighted by Gasteiger charge is 2.24. The fourth-order valence-corrected chi connectivity index (χ4v) is 8.55. The third kappa shape index (κ3) is 11.7. The molecule has 14 heteroatoms. The molecule has 1 heterocycles. The fraction of sp³-hybridized carbons (Fsp3) is 0.327. The summed E-state index contributed by atoms with van der Waals surface area (Å²) in [6, 6.07) is 23.5. The Morgan fingerprint density at radius 1 is 0.478 bits per heavy atom. The maximum atomic E-state index is 13.3. The van der Waals surface area contributed by atoms with Crippen LogP contribution in [0.4, 0.5) is 0 Å². The highest BCUT2D eigenvalue weighted by molar-refractivity contribution is 5.82. The number of amides is 1. The third-order valence-corrected chi connectivity index (χ3v) is 12.1. The van der Waals surface area contributed by atoms with Gasteiger partial charge in [-0.25, -0.2) is 5.43 Å². The highest BCUT2D eigenvalue weighted by Crippen LogP contribution is 2.42. The van der Waals surface area contributed by atoms with Crippen LogP contribution in [0.3, 0.4) is 0 Å². The van der Waals surface area contributed by atoms with Gasteiger partial charge in [-0.15, -0.1) is 0 Å². The van der Waals surface area contributed by atoms with Crippen LogP contribution in [0.15, 0.2) is 90.3 Å². The monoisotopic (exact) mass is 939 g/mol. The van der Waals surface area contributed by atoms with E-state index in [1.54, 1.807) is 87.6 Å². The van der Waals surface area contributed by atoms with Gasteiger partial charge < -0.3 is 47.4 Å². The van der Waals surface area contributed by atoms with E-state index in [-0.39, 0.29) is 6.61 Å². The average molecular weight is 940 g/mol. The minimum atomic E-state index is -0.443. The second-order valence-electron chi connectivity index (χ2n) is 16.4. The lowest BCUT2D eigenvalue weighted by atomic mass is 9.94. The van der Waals surface area contributed by atoms with Crippen molar-refractivity contribution in [2.24, 2.45) is 5.10 Å². The normalized spacial score (nSPS) is 12.1. The molecule has 16 rings (SSSR count). The molecule has 0 fully saturated rings. The number of methoxy groups -OCH3 is 8. The summed E-state index contributed by atoms with van der Waals surface area (Å²) in [5.41, 5.74) is 11.9. The fourth-order valence-electron chi connectivity index (χ4n) is 8.55. The van der Waals surface area contributed by atoms with Crippen LogP contribution in [0.25, 0.3) is 0 Å². The molecule has 0 radical (unpaired) electrons. The second kappa shape index (κ2) is 23.4. The van der Waals surface area contributed by atoms with E-state index < -0.39 is 5.91 Å². The smallest absolute Gasteiger partial charge is 0.277 e. The Balaban J connectivity index is 1.41.